The van der Waals surface area contributed by atoms with Crippen molar-refractivity contribution < 1.29 is 53.9 Å². The first-order chi connectivity index (χ1) is 18.2. The number of hydrogen-bond acceptors (Lipinski definition) is 4. The molecule has 2 aromatic carbocycles. The van der Waals surface area contributed by atoms with E-state index < -0.39 is 82.9 Å². The van der Waals surface area contributed by atoms with Gasteiger partial charge in [-0.1, -0.05) is 22.8 Å². The summed E-state index contributed by atoms with van der Waals surface area (Å²) in [6, 6.07) is 4.07. The van der Waals surface area contributed by atoms with Crippen molar-refractivity contribution in [3.8, 4) is 0 Å². The van der Waals surface area contributed by atoms with Gasteiger partial charge >= 0.3 is 12.4 Å². The van der Waals surface area contributed by atoms with Crippen LogP contribution >= 0.6 is 11.6 Å². The van der Waals surface area contributed by atoms with E-state index in [1.165, 1.54) is 13.0 Å². The first-order valence-corrected chi connectivity index (χ1v) is 11.6. The molecular weight excluding hydrogens is 585 g/mol. The van der Waals surface area contributed by atoms with Gasteiger partial charge in [0.15, 0.2) is 0 Å². The molecule has 1 aliphatic rings. The van der Waals surface area contributed by atoms with Gasteiger partial charge in [0, 0.05) is 23.1 Å². The number of carbonyl (C=O) groups excluding carboxylic acids is 2. The highest BCUT2D eigenvalue weighted by atomic mass is 35.5. The molecule has 0 saturated carbocycles. The first kappa shape index (κ1) is 31.0. The third-order valence-corrected chi connectivity index (χ3v) is 5.99. The lowest BCUT2D eigenvalue weighted by molar-refractivity contribution is -0.277. The van der Waals surface area contributed by atoms with E-state index in [4.69, 9.17) is 11.6 Å². The second kappa shape index (κ2) is 10.8. The summed E-state index contributed by atoms with van der Waals surface area (Å²) in [7, 11) is 0. The number of amides is 2. The van der Waals surface area contributed by atoms with Crippen LogP contribution < -0.4 is 10.6 Å². The van der Waals surface area contributed by atoms with Gasteiger partial charge in [-0.3, -0.25) is 9.59 Å². The van der Waals surface area contributed by atoms with Crippen molar-refractivity contribution in [2.45, 2.75) is 44.1 Å². The molecule has 3 rings (SSSR count). The van der Waals surface area contributed by atoms with Crippen molar-refractivity contribution in [3.05, 3.63) is 69.0 Å². The van der Waals surface area contributed by atoms with Gasteiger partial charge < -0.3 is 15.5 Å². The Morgan fingerprint density at radius 1 is 1.05 bits per heavy atom. The molecule has 0 unspecified atom stereocenters. The monoisotopic (exact) mass is 603 g/mol. The Labute approximate surface area is 225 Å². The summed E-state index contributed by atoms with van der Waals surface area (Å²) in [5.41, 5.74) is -7.46. The van der Waals surface area contributed by atoms with Crippen LogP contribution in [0.2, 0.25) is 5.02 Å². The van der Waals surface area contributed by atoms with Gasteiger partial charge in [0.25, 0.3) is 17.4 Å². The summed E-state index contributed by atoms with van der Waals surface area (Å²) in [6.45, 7) is 0.377. The summed E-state index contributed by atoms with van der Waals surface area (Å²) in [4.78, 5) is 28.7. The number of oxime groups is 1. The zero-order chi connectivity index (χ0) is 30.3. The second-order valence-corrected chi connectivity index (χ2v) is 9.44. The second-order valence-electron chi connectivity index (χ2n) is 9.00. The van der Waals surface area contributed by atoms with Crippen molar-refractivity contribution in [1.82, 2.24) is 10.6 Å². The lowest BCUT2D eigenvalue weighted by Crippen LogP contribution is -2.43. The van der Waals surface area contributed by atoms with Crippen LogP contribution in [-0.2, 0) is 21.4 Å². The molecule has 1 atom stereocenters. The Balaban J connectivity index is 1.85. The molecule has 2 N–H and O–H groups in total. The fourth-order valence-electron chi connectivity index (χ4n) is 3.80. The lowest BCUT2D eigenvalue weighted by Gasteiger charge is -2.30. The number of nitrogens with one attached hydrogen (secondary N) is 2. The fourth-order valence-corrected chi connectivity index (χ4v) is 4.01. The average molecular weight is 604 g/mol. The Morgan fingerprint density at radius 2 is 1.70 bits per heavy atom. The first-order valence-electron chi connectivity index (χ1n) is 11.2. The summed E-state index contributed by atoms with van der Waals surface area (Å²) < 4.78 is 123. The van der Waals surface area contributed by atoms with Crippen molar-refractivity contribution >= 4 is 29.1 Å². The Hall–Kier alpha value is -3.49. The number of nitrogens with zero attached hydrogens (tertiary/aromatic N) is 1. The van der Waals surface area contributed by atoms with Gasteiger partial charge in [-0.05, 0) is 42.3 Å². The molecule has 0 spiro atoms. The molecule has 16 heteroatoms. The van der Waals surface area contributed by atoms with Crippen LogP contribution in [0, 0.1) is 12.7 Å². The number of halogens is 10. The predicted octanol–water partition coefficient (Wildman–Crippen LogP) is 5.89. The minimum atomic E-state index is -5.44. The van der Waals surface area contributed by atoms with E-state index >= 15 is 0 Å². The molecular formula is C24H19ClF9N3O3. The number of rotatable bonds is 7. The van der Waals surface area contributed by atoms with E-state index in [9.17, 15) is 49.1 Å². The molecule has 218 valence electrons. The van der Waals surface area contributed by atoms with Crippen LogP contribution in [0.25, 0.3) is 0 Å². The highest BCUT2D eigenvalue weighted by molar-refractivity contribution is 6.30. The number of benzene rings is 2. The van der Waals surface area contributed by atoms with Crippen LogP contribution in [0.5, 0.6) is 0 Å². The molecule has 0 aliphatic carbocycles. The van der Waals surface area contributed by atoms with E-state index in [-0.39, 0.29) is 22.8 Å². The normalized spacial score (nSPS) is 17.8. The fraction of sp³-hybridized carbons (Fsp3) is 0.375. The Kier molecular flexibility index (Phi) is 8.40. The minimum absolute atomic E-state index is 0.0263. The van der Waals surface area contributed by atoms with Gasteiger partial charge in [0.2, 0.25) is 5.91 Å². The van der Waals surface area contributed by atoms with Gasteiger partial charge in [-0.2, -0.15) is 26.3 Å². The molecule has 1 aliphatic heterocycles. The maximum Gasteiger partial charge on any atom is 0.435 e. The molecule has 2 amide bonds. The van der Waals surface area contributed by atoms with E-state index in [1.54, 1.807) is 0 Å². The van der Waals surface area contributed by atoms with Gasteiger partial charge in [-0.15, -0.1) is 0 Å². The molecule has 40 heavy (non-hydrogen) atoms. The van der Waals surface area contributed by atoms with Crippen LogP contribution in [0.15, 0.2) is 35.5 Å². The molecule has 0 aromatic heterocycles. The van der Waals surface area contributed by atoms with Crippen LogP contribution in [0.1, 0.15) is 46.0 Å². The van der Waals surface area contributed by atoms with Crippen molar-refractivity contribution in [2.75, 3.05) is 13.1 Å². The summed E-state index contributed by atoms with van der Waals surface area (Å²) in [5.74, 6) is -7.09. The quantitative estimate of drug-likeness (QED) is 0.388. The van der Waals surface area contributed by atoms with E-state index in [0.29, 0.717) is 13.0 Å². The van der Waals surface area contributed by atoms with E-state index in [0.717, 1.165) is 12.1 Å². The molecule has 1 heterocycles. The maximum absolute atomic E-state index is 14.8. The SMILES string of the molecule is Cc1cc(C2=NO[C@](c3cc(Cl)cc(C(F)(F)F)c3F)(C(F)(F)F)C2)ccc1C(=O)NCC(=O)NCC(C)(F)F. The van der Waals surface area contributed by atoms with Crippen molar-refractivity contribution in [1.29, 1.82) is 0 Å². The number of alkyl halides is 8. The minimum Gasteiger partial charge on any atom is -0.374 e. The highest BCUT2D eigenvalue weighted by Gasteiger charge is 2.64. The van der Waals surface area contributed by atoms with Gasteiger partial charge in [-0.25, -0.2) is 13.2 Å². The lowest BCUT2D eigenvalue weighted by atomic mass is 9.85. The summed E-state index contributed by atoms with van der Waals surface area (Å²) >= 11 is 5.60. The molecule has 2 aromatic rings. The topological polar surface area (TPSA) is 79.8 Å². The predicted molar refractivity (Wildman–Crippen MR) is 124 cm³/mol. The molecule has 0 radical (unpaired) electrons. The van der Waals surface area contributed by atoms with Crippen molar-refractivity contribution in [3.63, 3.8) is 0 Å². The molecule has 6 nitrogen and oxygen atoms in total. The highest BCUT2D eigenvalue weighted by Crippen LogP contribution is 2.51. The number of hydrogen-bond donors (Lipinski definition) is 2. The zero-order valence-electron chi connectivity index (χ0n) is 20.5. The standard InChI is InChI=1S/C24H19ClF9N3O3/c1-11-5-12(3-4-14(11)20(39)35-9-18(38)36-10-21(2,27)28)17-8-22(40-37-17,24(32,33)34)15-6-13(25)7-16(19(15)26)23(29,30)31/h3-7H,8-10H2,1-2H3,(H,35,39)(H,36,38)/t22-/m1/s1. The van der Waals surface area contributed by atoms with Gasteiger partial charge in [0.1, 0.15) is 5.82 Å². The number of aryl methyl sites for hydroxylation is 1. The third kappa shape index (κ3) is 6.62. The Morgan fingerprint density at radius 3 is 2.25 bits per heavy atom. The van der Waals surface area contributed by atoms with Crippen LogP contribution in [-0.4, -0.2) is 42.7 Å². The average Bonchev–Trinajstić information content (AvgIpc) is 3.28. The third-order valence-electron chi connectivity index (χ3n) is 5.77. The summed E-state index contributed by atoms with van der Waals surface area (Å²) in [5, 5.41) is 6.68. The zero-order valence-corrected chi connectivity index (χ0v) is 21.2. The molecule has 0 saturated heterocycles. The largest absolute Gasteiger partial charge is 0.435 e. The van der Waals surface area contributed by atoms with Gasteiger partial charge in [0.05, 0.1) is 30.8 Å². The smallest absolute Gasteiger partial charge is 0.374 e. The van der Waals surface area contributed by atoms with E-state index in [2.05, 4.69) is 15.3 Å². The van der Waals surface area contributed by atoms with Crippen LogP contribution in [0.4, 0.5) is 39.5 Å². The molecule has 0 fully saturated rings. The maximum atomic E-state index is 14.8. The Bertz CT molecular complexity index is 1350. The van der Waals surface area contributed by atoms with Crippen LogP contribution in [0.3, 0.4) is 0 Å². The molecule has 0 bridgehead atoms. The van der Waals surface area contributed by atoms with E-state index in [1.807, 2.05) is 5.32 Å². The number of carbonyl (C=O) groups is 2. The summed E-state index contributed by atoms with van der Waals surface area (Å²) in [6.07, 6.45) is -12.0. The van der Waals surface area contributed by atoms with Crippen molar-refractivity contribution in [2.24, 2.45) is 5.16 Å².